The first-order valence-corrected chi connectivity index (χ1v) is 1.48. The summed E-state index contributed by atoms with van der Waals surface area (Å²) < 4.78 is 8.57. The molecule has 0 fully saturated rings. The highest BCUT2D eigenvalue weighted by Gasteiger charge is 1.32. The van der Waals surface area contributed by atoms with Gasteiger partial charge in [-0.25, -0.2) is 0 Å². The maximum atomic E-state index is 8.57. The first-order valence-electron chi connectivity index (χ1n) is 0.494. The van der Waals surface area contributed by atoms with E-state index in [2.05, 4.69) is 0 Å². The number of rotatable bonds is 0. The third-order valence-corrected chi connectivity index (χ3v) is 0. The zero-order valence-electron chi connectivity index (χ0n) is 2.14. The van der Waals surface area contributed by atoms with Crippen LogP contribution in [0.1, 0.15) is 0 Å². The normalized spacial score (nSPS) is 3.00. The average Bonchev–Trinajstić information content (AvgIpc) is 0.918. The Morgan fingerprint density at radius 3 is 1.75 bits per heavy atom. The minimum Gasteiger partial charge on any atom is -0.541 e. The number of hydrogen-bond acceptors (Lipinski definition) is 2. The topological polar surface area (TPSA) is 72.3 Å². The lowest BCUT2D eigenvalue weighted by molar-refractivity contribution is 0.478. The minimum absolute atomic E-state index is 0. The monoisotopic (exact) mass is 79.0 g/mol. The molecule has 4 heteroatoms. The second-order valence-corrected chi connectivity index (χ2v) is 0.316. The van der Waals surface area contributed by atoms with Crippen LogP contribution in [0.3, 0.4) is 0 Å². The standard InChI is InChI=1S/H3N.H2O2Si/c;1-3-2/h1H3;1,3H. The van der Waals surface area contributed by atoms with E-state index in [9.17, 15) is 0 Å². The van der Waals surface area contributed by atoms with Crippen molar-refractivity contribution in [3.8, 4) is 0 Å². The fourth-order valence-electron chi connectivity index (χ4n) is 0. The predicted octanol–water partition coefficient (Wildman–Crippen LogP) is -1.16. The minimum atomic E-state index is -1.50. The first-order chi connectivity index (χ1) is 1.41. The van der Waals surface area contributed by atoms with Gasteiger partial charge in [-0.1, -0.05) is 0 Å². The zero-order chi connectivity index (χ0) is 2.71. The highest BCUT2D eigenvalue weighted by atomic mass is 28.2. The van der Waals surface area contributed by atoms with Crippen LogP contribution in [0.4, 0.5) is 0 Å². The molecule has 0 aliphatic heterocycles. The van der Waals surface area contributed by atoms with E-state index in [1.165, 1.54) is 0 Å². The van der Waals surface area contributed by atoms with Gasteiger partial charge in [0.05, 0.1) is 0 Å². The van der Waals surface area contributed by atoms with Gasteiger partial charge in [0.25, 0.3) is 0 Å². The van der Waals surface area contributed by atoms with Crippen molar-refractivity contribution in [2.24, 2.45) is 0 Å². The third-order valence-electron chi connectivity index (χ3n) is 0. The molecular formula is H5NO2Si. The maximum Gasteiger partial charge on any atom is 0.484 e. The summed E-state index contributed by atoms with van der Waals surface area (Å²) in [5.74, 6) is 0. The fraction of sp³-hybridized carbons (Fsp3) is 0. The molecule has 0 radical (unpaired) electrons. The Morgan fingerprint density at radius 2 is 1.75 bits per heavy atom. The summed E-state index contributed by atoms with van der Waals surface area (Å²) in [5.41, 5.74) is 0. The summed E-state index contributed by atoms with van der Waals surface area (Å²) in [6, 6.07) is 0. The Morgan fingerprint density at radius 1 is 1.75 bits per heavy atom. The maximum absolute atomic E-state index is 8.57. The molecule has 0 bridgehead atoms. The fourth-order valence-corrected chi connectivity index (χ4v) is 0. The van der Waals surface area contributed by atoms with Crippen molar-refractivity contribution in [1.82, 2.24) is 6.15 Å². The Kier molecular flexibility index (Phi) is 33.5. The molecular weight excluding hydrogens is 74.1 g/mol. The largest absolute Gasteiger partial charge is 0.541 e. The van der Waals surface area contributed by atoms with Crippen molar-refractivity contribution >= 4 is 9.65 Å². The van der Waals surface area contributed by atoms with Gasteiger partial charge in [0.15, 0.2) is 0 Å². The van der Waals surface area contributed by atoms with Crippen molar-refractivity contribution in [2.75, 3.05) is 0 Å². The quantitative estimate of drug-likeness (QED) is 0.360. The molecule has 0 aromatic rings. The molecule has 0 aromatic heterocycles. The van der Waals surface area contributed by atoms with Gasteiger partial charge in [-0.05, 0) is 0 Å². The van der Waals surface area contributed by atoms with E-state index in [4.69, 9.17) is 9.26 Å². The third kappa shape index (κ3) is 21.5. The van der Waals surface area contributed by atoms with Crippen molar-refractivity contribution in [3.63, 3.8) is 0 Å². The van der Waals surface area contributed by atoms with E-state index in [0.29, 0.717) is 0 Å². The van der Waals surface area contributed by atoms with E-state index in [0.717, 1.165) is 0 Å². The Balaban J connectivity index is 0. The van der Waals surface area contributed by atoms with E-state index in [1.54, 1.807) is 0 Å². The van der Waals surface area contributed by atoms with Gasteiger partial charge in [-0.3, -0.25) is 0 Å². The molecule has 0 spiro atoms. The van der Waals surface area contributed by atoms with E-state index >= 15 is 0 Å². The highest BCUT2D eigenvalue weighted by molar-refractivity contribution is 6.04. The van der Waals surface area contributed by atoms with Crippen LogP contribution in [0.15, 0.2) is 0 Å². The molecule has 4 heavy (non-hydrogen) atoms. The predicted molar refractivity (Wildman–Crippen MR) is 15.1 cm³/mol. The van der Waals surface area contributed by atoms with Crippen LogP contribution in [-0.2, 0) is 4.46 Å². The van der Waals surface area contributed by atoms with Crippen LogP contribution in [0, 0.1) is 0 Å². The van der Waals surface area contributed by atoms with Gasteiger partial charge >= 0.3 is 9.65 Å². The molecule has 26 valence electrons. The molecule has 0 unspecified atom stereocenters. The molecule has 0 rings (SSSR count). The van der Waals surface area contributed by atoms with Crippen LogP contribution < -0.4 is 6.15 Å². The second-order valence-electron chi connectivity index (χ2n) is 0.105. The molecule has 0 amide bonds. The van der Waals surface area contributed by atoms with Crippen molar-refractivity contribution < 1.29 is 9.26 Å². The van der Waals surface area contributed by atoms with Crippen LogP contribution in [0.25, 0.3) is 0 Å². The summed E-state index contributed by atoms with van der Waals surface area (Å²) in [7, 11) is -1.50. The lowest BCUT2D eigenvalue weighted by Crippen LogP contribution is -1.54. The highest BCUT2D eigenvalue weighted by Crippen LogP contribution is 0.924. The Hall–Kier alpha value is -0.223. The summed E-state index contributed by atoms with van der Waals surface area (Å²) >= 11 is 0. The van der Waals surface area contributed by atoms with Gasteiger partial charge in [-0.15, -0.1) is 0 Å². The molecule has 4 N–H and O–H groups in total. The van der Waals surface area contributed by atoms with E-state index in [1.807, 2.05) is 0 Å². The van der Waals surface area contributed by atoms with Crippen LogP contribution in [0.2, 0.25) is 0 Å². The molecule has 0 aliphatic carbocycles. The van der Waals surface area contributed by atoms with Gasteiger partial charge < -0.3 is 15.4 Å². The lowest BCUT2D eigenvalue weighted by atomic mass is 14.0. The zero-order valence-corrected chi connectivity index (χ0v) is 3.29. The van der Waals surface area contributed by atoms with E-state index in [-0.39, 0.29) is 6.15 Å². The first kappa shape index (κ1) is 9.22. The van der Waals surface area contributed by atoms with Gasteiger partial charge in [0.2, 0.25) is 0 Å². The summed E-state index contributed by atoms with van der Waals surface area (Å²) in [6.45, 7) is 0. The van der Waals surface area contributed by atoms with Crippen molar-refractivity contribution in [3.05, 3.63) is 0 Å². The van der Waals surface area contributed by atoms with Gasteiger partial charge in [0, 0.05) is 0 Å². The Bertz CT molecular complexity index is 13.5. The molecule has 0 heterocycles. The summed E-state index contributed by atoms with van der Waals surface area (Å²) in [6.07, 6.45) is 0. The summed E-state index contributed by atoms with van der Waals surface area (Å²) in [5, 5.41) is 0. The molecule has 3 nitrogen and oxygen atoms in total. The van der Waals surface area contributed by atoms with Crippen molar-refractivity contribution in [2.45, 2.75) is 0 Å². The smallest absolute Gasteiger partial charge is 0.484 e. The second kappa shape index (κ2) is 14.5. The van der Waals surface area contributed by atoms with Crippen LogP contribution in [0.5, 0.6) is 0 Å². The molecule has 0 saturated heterocycles. The summed E-state index contributed by atoms with van der Waals surface area (Å²) in [4.78, 5) is 7.10. The average molecular weight is 79.1 g/mol. The molecule has 0 saturated carbocycles. The lowest BCUT2D eigenvalue weighted by Gasteiger charge is -1.32. The number of hydrogen-bond donors (Lipinski definition) is 2. The van der Waals surface area contributed by atoms with Gasteiger partial charge in [-0.2, -0.15) is 0 Å². The molecule has 0 aromatic carbocycles. The van der Waals surface area contributed by atoms with Crippen LogP contribution in [-0.4, -0.2) is 14.4 Å². The SMILES string of the molecule is N.O=[SiH]O. The molecule has 0 atom stereocenters. The molecule has 0 aliphatic rings. The van der Waals surface area contributed by atoms with Crippen LogP contribution >= 0.6 is 0 Å². The van der Waals surface area contributed by atoms with Gasteiger partial charge in [0.1, 0.15) is 0 Å². The van der Waals surface area contributed by atoms with Crippen molar-refractivity contribution in [1.29, 1.82) is 0 Å². The van der Waals surface area contributed by atoms with E-state index < -0.39 is 9.65 Å². The Labute approximate surface area is 26.2 Å².